The summed E-state index contributed by atoms with van der Waals surface area (Å²) in [4.78, 5) is 0. The van der Waals surface area contributed by atoms with E-state index in [0.717, 1.165) is 32.7 Å². The molecule has 1 heterocycles. The van der Waals surface area contributed by atoms with Gasteiger partial charge in [-0.25, -0.2) is 0 Å². The summed E-state index contributed by atoms with van der Waals surface area (Å²) in [6, 6.07) is 12.1. The molecule has 0 radical (unpaired) electrons. The minimum Gasteiger partial charge on any atom is -0.456 e. The molecule has 0 fully saturated rings. The summed E-state index contributed by atoms with van der Waals surface area (Å²) in [7, 11) is 0. The van der Waals surface area contributed by atoms with Crippen LogP contribution in [-0.4, -0.2) is 0 Å². The molecular weight excluding hydrogens is 391 g/mol. The van der Waals surface area contributed by atoms with Crippen LogP contribution in [0.25, 0.3) is 5.57 Å². The second-order valence-corrected chi connectivity index (χ2v) is 6.02. The summed E-state index contributed by atoms with van der Waals surface area (Å²) in [6.45, 7) is 4.17. The molecule has 0 spiro atoms. The molecule has 2 aromatic rings. The van der Waals surface area contributed by atoms with Crippen molar-refractivity contribution in [3.63, 3.8) is 0 Å². The topological polar surface area (TPSA) is 9.23 Å². The first kappa shape index (κ1) is 11.3. The third kappa shape index (κ3) is 1.91. The summed E-state index contributed by atoms with van der Waals surface area (Å²) in [6.07, 6.45) is 0. The van der Waals surface area contributed by atoms with Gasteiger partial charge in [0.15, 0.2) is 0 Å². The summed E-state index contributed by atoms with van der Waals surface area (Å²) in [5, 5.41) is 0. The molecule has 2 aromatic carbocycles. The molecule has 1 aliphatic rings. The van der Waals surface area contributed by atoms with E-state index in [9.17, 15) is 0 Å². The van der Waals surface area contributed by atoms with Crippen molar-refractivity contribution in [2.45, 2.75) is 0 Å². The van der Waals surface area contributed by atoms with Crippen molar-refractivity contribution < 1.29 is 4.74 Å². The van der Waals surface area contributed by atoms with Crippen LogP contribution in [0.15, 0.2) is 47.4 Å². The van der Waals surface area contributed by atoms with E-state index < -0.39 is 0 Å². The molecule has 0 aromatic heterocycles. The summed E-state index contributed by atoms with van der Waals surface area (Å²) in [5.74, 6) is 1.74. The second kappa shape index (κ2) is 4.14. The number of rotatable bonds is 0. The van der Waals surface area contributed by atoms with Crippen LogP contribution in [0.2, 0.25) is 0 Å². The van der Waals surface area contributed by atoms with Crippen molar-refractivity contribution in [1.29, 1.82) is 0 Å². The largest absolute Gasteiger partial charge is 0.456 e. The van der Waals surface area contributed by atoms with Crippen LogP contribution in [0.5, 0.6) is 11.5 Å². The molecule has 0 aliphatic carbocycles. The first-order chi connectivity index (χ1) is 8.15. The highest BCUT2D eigenvalue weighted by atomic mass is 127. The average molecular weight is 399 g/mol. The van der Waals surface area contributed by atoms with Crippen LogP contribution in [0.4, 0.5) is 0 Å². The van der Waals surface area contributed by atoms with Gasteiger partial charge in [0.25, 0.3) is 0 Å². The molecule has 0 bridgehead atoms. The van der Waals surface area contributed by atoms with Gasteiger partial charge in [0, 0.05) is 19.2 Å². The first-order valence-electron chi connectivity index (χ1n) is 5.12. The monoisotopic (exact) mass is 398 g/mol. The van der Waals surface area contributed by atoms with E-state index in [-0.39, 0.29) is 0 Å². The SMILES string of the molecule is C=C1c2ccc(Br)cc2Oc2ccc(I)cc21. The lowest BCUT2D eigenvalue weighted by atomic mass is 9.96. The minimum atomic E-state index is 0.859. The van der Waals surface area contributed by atoms with Crippen LogP contribution in [-0.2, 0) is 0 Å². The normalized spacial score (nSPS) is 12.7. The van der Waals surface area contributed by atoms with E-state index in [0.29, 0.717) is 0 Å². The van der Waals surface area contributed by atoms with Gasteiger partial charge >= 0.3 is 0 Å². The Bertz CT molecular complexity index is 634. The van der Waals surface area contributed by atoms with Gasteiger partial charge in [-0.05, 0) is 64.6 Å². The fraction of sp³-hybridized carbons (Fsp3) is 0. The molecule has 17 heavy (non-hydrogen) atoms. The van der Waals surface area contributed by atoms with Gasteiger partial charge in [0.2, 0.25) is 0 Å². The van der Waals surface area contributed by atoms with Crippen LogP contribution >= 0.6 is 38.5 Å². The van der Waals surface area contributed by atoms with Gasteiger partial charge in [0.05, 0.1) is 0 Å². The highest BCUT2D eigenvalue weighted by molar-refractivity contribution is 14.1. The lowest BCUT2D eigenvalue weighted by molar-refractivity contribution is 0.474. The number of benzene rings is 2. The number of halogens is 2. The van der Waals surface area contributed by atoms with Gasteiger partial charge in [-0.2, -0.15) is 0 Å². The van der Waals surface area contributed by atoms with Gasteiger partial charge < -0.3 is 4.74 Å². The molecule has 3 rings (SSSR count). The molecule has 3 heteroatoms. The Hall–Kier alpha value is -0.810. The Labute approximate surface area is 122 Å². The number of hydrogen-bond acceptors (Lipinski definition) is 1. The number of hydrogen-bond donors (Lipinski definition) is 0. The fourth-order valence-corrected chi connectivity index (χ4v) is 2.75. The zero-order valence-corrected chi connectivity index (χ0v) is 12.6. The van der Waals surface area contributed by atoms with Gasteiger partial charge in [0.1, 0.15) is 11.5 Å². The van der Waals surface area contributed by atoms with Crippen LogP contribution in [0.3, 0.4) is 0 Å². The molecule has 0 saturated carbocycles. The molecule has 1 nitrogen and oxygen atoms in total. The highest BCUT2D eigenvalue weighted by Crippen LogP contribution is 2.43. The second-order valence-electron chi connectivity index (χ2n) is 3.86. The van der Waals surface area contributed by atoms with E-state index in [4.69, 9.17) is 4.74 Å². The quantitative estimate of drug-likeness (QED) is 0.471. The van der Waals surface area contributed by atoms with E-state index in [2.05, 4.69) is 51.2 Å². The molecule has 0 atom stereocenters. The predicted octanol–water partition coefficient (Wildman–Crippen LogP) is 5.22. The lowest BCUT2D eigenvalue weighted by Gasteiger charge is -2.22. The van der Waals surface area contributed by atoms with E-state index >= 15 is 0 Å². The average Bonchev–Trinajstić information content (AvgIpc) is 2.30. The van der Waals surface area contributed by atoms with Crippen molar-refractivity contribution in [3.05, 3.63) is 62.1 Å². The van der Waals surface area contributed by atoms with Crippen molar-refractivity contribution in [3.8, 4) is 11.5 Å². The van der Waals surface area contributed by atoms with Gasteiger partial charge in [-0.3, -0.25) is 0 Å². The van der Waals surface area contributed by atoms with Crippen molar-refractivity contribution >= 4 is 44.1 Å². The maximum absolute atomic E-state index is 5.89. The maximum atomic E-state index is 5.89. The summed E-state index contributed by atoms with van der Waals surface area (Å²) < 4.78 is 8.09. The zero-order chi connectivity index (χ0) is 12.0. The van der Waals surface area contributed by atoms with Gasteiger partial charge in [-0.15, -0.1) is 0 Å². The standard InChI is InChI=1S/C14H8BrIO/c1-8-11-4-2-9(15)6-14(11)17-13-5-3-10(16)7-12(8)13/h2-7H,1H2. The Kier molecular flexibility index (Phi) is 2.75. The minimum absolute atomic E-state index is 0.859. The molecule has 1 aliphatic heterocycles. The number of fused-ring (bicyclic) bond motifs is 2. The predicted molar refractivity (Wildman–Crippen MR) is 81.5 cm³/mol. The van der Waals surface area contributed by atoms with Crippen LogP contribution in [0.1, 0.15) is 11.1 Å². The van der Waals surface area contributed by atoms with Crippen molar-refractivity contribution in [1.82, 2.24) is 0 Å². The summed E-state index contributed by atoms with van der Waals surface area (Å²) >= 11 is 5.75. The van der Waals surface area contributed by atoms with Gasteiger partial charge in [-0.1, -0.05) is 22.5 Å². The molecule has 0 amide bonds. The third-order valence-corrected chi connectivity index (χ3v) is 3.92. The van der Waals surface area contributed by atoms with Crippen LogP contribution in [0, 0.1) is 3.57 Å². The first-order valence-corrected chi connectivity index (χ1v) is 6.99. The summed E-state index contributed by atoms with van der Waals surface area (Å²) in [5.41, 5.74) is 3.15. The molecule has 0 saturated heterocycles. The maximum Gasteiger partial charge on any atom is 0.136 e. The lowest BCUT2D eigenvalue weighted by Crippen LogP contribution is -2.01. The van der Waals surface area contributed by atoms with E-state index in [1.807, 2.05) is 30.3 Å². The number of ether oxygens (including phenoxy) is 1. The zero-order valence-electron chi connectivity index (χ0n) is 8.84. The van der Waals surface area contributed by atoms with Crippen molar-refractivity contribution in [2.75, 3.05) is 0 Å². The van der Waals surface area contributed by atoms with Crippen molar-refractivity contribution in [2.24, 2.45) is 0 Å². The molecular formula is C14H8BrIO. The molecule has 84 valence electrons. The Morgan fingerprint density at radius 2 is 1.82 bits per heavy atom. The van der Waals surface area contributed by atoms with Crippen LogP contribution < -0.4 is 4.74 Å². The fourth-order valence-electron chi connectivity index (χ4n) is 1.92. The van der Waals surface area contributed by atoms with E-state index in [1.54, 1.807) is 0 Å². The Morgan fingerprint density at radius 3 is 2.65 bits per heavy atom. The molecule has 0 N–H and O–H groups in total. The Morgan fingerprint density at radius 1 is 1.00 bits per heavy atom. The van der Waals surface area contributed by atoms with E-state index in [1.165, 1.54) is 3.57 Å². The highest BCUT2D eigenvalue weighted by Gasteiger charge is 2.20. The Balaban J connectivity index is 2.21. The third-order valence-electron chi connectivity index (χ3n) is 2.76. The molecule has 0 unspecified atom stereocenters. The smallest absolute Gasteiger partial charge is 0.136 e.